The van der Waals surface area contributed by atoms with Crippen LogP contribution in [0.15, 0.2) is 89.4 Å². The van der Waals surface area contributed by atoms with Crippen molar-refractivity contribution in [2.24, 2.45) is 39.2 Å². The first-order chi connectivity index (χ1) is 42.7. The van der Waals surface area contributed by atoms with Gasteiger partial charge in [0.1, 0.15) is 18.0 Å². The number of nitrogens with two attached hydrogens (primary N) is 2. The molecule has 0 fully saturated rings. The molecule has 10 N–H and O–H groups in total. The van der Waals surface area contributed by atoms with Crippen molar-refractivity contribution < 1.29 is 52.6 Å². The van der Waals surface area contributed by atoms with Gasteiger partial charge in [-0.15, -0.1) is 0 Å². The number of benzene rings is 3. The number of rotatable bonds is 43. The molecule has 0 spiro atoms. The fourth-order valence-electron chi connectivity index (χ4n) is 10.0. The summed E-state index contributed by atoms with van der Waals surface area (Å²) in [5, 5.41) is 19.2. The molecule has 0 saturated heterocycles. The first-order valence-electron chi connectivity index (χ1n) is 31.7. The van der Waals surface area contributed by atoms with Crippen LogP contribution >= 0.6 is 0 Å². The predicted octanol–water partition coefficient (Wildman–Crippen LogP) is 6.14. The number of esters is 1. The Balaban J connectivity index is 2.02. The lowest BCUT2D eigenvalue weighted by molar-refractivity contribution is -0.143. The Bertz CT molecular complexity index is 2890. The molecule has 90 heavy (non-hydrogen) atoms. The summed E-state index contributed by atoms with van der Waals surface area (Å²) < 4.78 is 11.2. The molecule has 22 nitrogen and oxygen atoms in total. The van der Waals surface area contributed by atoms with Crippen LogP contribution in [0.5, 0.6) is 5.75 Å². The second-order valence-corrected chi connectivity index (χ2v) is 24.4. The number of ether oxygens (including phenoxy) is 2. The Morgan fingerprint density at radius 3 is 1.81 bits per heavy atom. The molecule has 496 valence electrons. The Morgan fingerprint density at radius 2 is 1.22 bits per heavy atom. The van der Waals surface area contributed by atoms with Crippen LogP contribution in [-0.2, 0) is 60.7 Å². The van der Waals surface area contributed by atoms with Gasteiger partial charge in [-0.25, -0.2) is 0 Å². The normalized spacial score (nSPS) is 13.9. The third kappa shape index (κ3) is 30.0. The Morgan fingerprint density at radius 1 is 0.644 bits per heavy atom. The third-order valence-corrected chi connectivity index (χ3v) is 15.4. The Hall–Kier alpha value is -8.01. The number of Topliss-reactive ketones (excluding diaryl/α,β-unsaturated/α-hetero) is 4. The molecule has 0 bridgehead atoms. The van der Waals surface area contributed by atoms with Gasteiger partial charge < -0.3 is 57.7 Å². The average Bonchev–Trinajstić information content (AvgIpc) is 3.01. The highest BCUT2D eigenvalue weighted by atomic mass is 16.5. The Kier molecular flexibility index (Phi) is 34.4. The summed E-state index contributed by atoms with van der Waals surface area (Å²) >= 11 is 0. The molecule has 0 radical (unpaired) electrons. The monoisotopic (exact) mass is 1250 g/mol. The summed E-state index contributed by atoms with van der Waals surface area (Å²) in [5.41, 5.74) is 12.8. The van der Waals surface area contributed by atoms with Crippen molar-refractivity contribution in [3.8, 4) is 5.75 Å². The number of hydrogen-bond donors (Lipinski definition) is 8. The summed E-state index contributed by atoms with van der Waals surface area (Å²) in [6, 6.07) is 18.0. The van der Waals surface area contributed by atoms with Crippen LogP contribution in [0, 0.1) is 17.8 Å². The van der Waals surface area contributed by atoms with Crippen molar-refractivity contribution in [3.63, 3.8) is 0 Å². The van der Waals surface area contributed by atoms with Crippen LogP contribution in [0.4, 0.5) is 0 Å². The molecule has 22 heteroatoms. The molecule has 0 aliphatic rings. The molecule has 0 aliphatic heterocycles. The molecule has 0 aromatic heterocycles. The van der Waals surface area contributed by atoms with E-state index in [4.69, 9.17) is 20.9 Å². The number of aliphatic imine (C=N–C) groups is 2. The molecule has 0 saturated carbocycles. The maximum atomic E-state index is 15.0. The van der Waals surface area contributed by atoms with E-state index in [1.165, 1.54) is 27.1 Å². The number of unbranched alkanes of at least 4 members (excludes halogenated alkanes) is 1. The Labute approximate surface area is 533 Å². The minimum absolute atomic E-state index is 0.0550. The average molecular weight is 1250 g/mol. The lowest BCUT2D eigenvalue weighted by Crippen LogP contribution is -2.48. The maximum Gasteiger partial charge on any atom is 0.306 e. The number of ketones is 4. The lowest BCUT2D eigenvalue weighted by atomic mass is 9.88. The first-order valence-corrected chi connectivity index (χ1v) is 31.7. The van der Waals surface area contributed by atoms with Crippen molar-refractivity contribution in [2.75, 3.05) is 53.9 Å². The topological polar surface area (TPSA) is 324 Å². The summed E-state index contributed by atoms with van der Waals surface area (Å²) in [4.78, 5) is 136. The van der Waals surface area contributed by atoms with E-state index in [-0.39, 0.29) is 106 Å². The standard InChI is InChI=1S/C68H103N11O11/c1-12-20-61(84)76-58(40-47-27-31-55(32-28-47)90-68(6,7)8)60(83)42-51(23-16-17-36-79(11)45(3)4)64(87)78-57(25-19-35-74-67(70)72-10)59(82)43-53(39-48-26-29-49-21-14-15-22-50(49)38-48)63(86)75-44-54(81)41-52(30-33-62(85)89-37-13-2)65(88)77-56(46(5)80)24-18-34-73-66(69)71-9/h13-15,21-22,26-29,31-32,38,45,51-53,56-58H,2,12,16-20,23-25,30,33-37,39-44H2,1,3-11H3,(H,75,86)(H,76,84)(H,77,88)(H,78,87)(H3,69,71,73)(H3,70,72,74)/t51-,52-,53-,56+,57-,58+/m1/s1. The molecule has 0 unspecified atom stereocenters. The van der Waals surface area contributed by atoms with E-state index in [2.05, 4.69) is 67.2 Å². The number of hydrogen-bond acceptors (Lipinski definition) is 14. The minimum atomic E-state index is -1.15. The van der Waals surface area contributed by atoms with Crippen molar-refractivity contribution in [1.82, 2.24) is 36.8 Å². The fraction of sp³-hybridized carbons (Fsp3) is 0.574. The zero-order valence-electron chi connectivity index (χ0n) is 55.0. The van der Waals surface area contributed by atoms with Gasteiger partial charge in [0.15, 0.2) is 35.1 Å². The summed E-state index contributed by atoms with van der Waals surface area (Å²) in [6.07, 6.45) is 3.72. The van der Waals surface area contributed by atoms with Crippen LogP contribution < -0.4 is 48.1 Å². The zero-order chi connectivity index (χ0) is 66.8. The molecule has 0 heterocycles. The van der Waals surface area contributed by atoms with Gasteiger partial charge in [-0.1, -0.05) is 80.6 Å². The second kappa shape index (κ2) is 40.6. The molecular weight excluding hydrogens is 1150 g/mol. The highest BCUT2D eigenvalue weighted by Crippen LogP contribution is 2.25. The van der Waals surface area contributed by atoms with Gasteiger partial charge in [0, 0.05) is 83.1 Å². The van der Waals surface area contributed by atoms with E-state index in [0.717, 1.165) is 34.9 Å². The minimum Gasteiger partial charge on any atom is -0.488 e. The van der Waals surface area contributed by atoms with E-state index < -0.39 is 89.7 Å². The maximum absolute atomic E-state index is 15.0. The number of nitrogens with one attached hydrogen (secondary N) is 6. The summed E-state index contributed by atoms with van der Waals surface area (Å²) in [6.45, 7) is 17.6. The lowest BCUT2D eigenvalue weighted by Gasteiger charge is -2.26. The smallest absolute Gasteiger partial charge is 0.306 e. The van der Waals surface area contributed by atoms with Gasteiger partial charge in [0.25, 0.3) is 0 Å². The molecular formula is C68H103N11O11. The quantitative estimate of drug-likeness (QED) is 0.0104. The van der Waals surface area contributed by atoms with E-state index >= 15 is 4.79 Å². The van der Waals surface area contributed by atoms with E-state index in [9.17, 15) is 38.4 Å². The largest absolute Gasteiger partial charge is 0.488 e. The number of amides is 4. The van der Waals surface area contributed by atoms with Crippen LogP contribution in [0.3, 0.4) is 0 Å². The molecule has 3 aromatic carbocycles. The van der Waals surface area contributed by atoms with Crippen molar-refractivity contribution in [3.05, 3.63) is 90.5 Å². The predicted molar refractivity (Wildman–Crippen MR) is 353 cm³/mol. The highest BCUT2D eigenvalue weighted by Gasteiger charge is 2.34. The van der Waals surface area contributed by atoms with Crippen molar-refractivity contribution in [2.45, 2.75) is 181 Å². The number of fused-ring (bicyclic) bond motifs is 1. The van der Waals surface area contributed by atoms with Gasteiger partial charge in [0.05, 0.1) is 24.7 Å². The SMILES string of the molecule is C=CCOC(=O)CC[C@H](CC(=O)CNC(=O)[C@@H](CC(=O)[C@@H](CCCNC(N)=NC)NC(=O)[C@H](CCCCN(C)C(C)C)CC(=O)[C@H](Cc1ccc(OC(C)(C)C)cc1)NC(=O)CCC)Cc1ccc2ccccc2c1)C(=O)N[C@@H](CCCNC(N)=NC)C(C)=O. The van der Waals surface area contributed by atoms with Crippen LogP contribution in [-0.4, -0.2) is 153 Å². The van der Waals surface area contributed by atoms with Crippen molar-refractivity contribution in [1.29, 1.82) is 0 Å². The van der Waals surface area contributed by atoms with E-state index in [1.54, 1.807) is 0 Å². The highest BCUT2D eigenvalue weighted by molar-refractivity contribution is 5.97. The van der Waals surface area contributed by atoms with E-state index in [0.29, 0.717) is 44.4 Å². The summed E-state index contributed by atoms with van der Waals surface area (Å²) in [5.74, 6) is -6.48. The molecule has 0 aliphatic carbocycles. The van der Waals surface area contributed by atoms with Crippen LogP contribution in [0.2, 0.25) is 0 Å². The van der Waals surface area contributed by atoms with Gasteiger partial charge in [0.2, 0.25) is 23.6 Å². The van der Waals surface area contributed by atoms with E-state index in [1.807, 2.05) is 101 Å². The number of carbonyl (C=O) groups excluding carboxylic acids is 9. The van der Waals surface area contributed by atoms with Gasteiger partial charge >= 0.3 is 5.97 Å². The van der Waals surface area contributed by atoms with Crippen LogP contribution in [0.1, 0.15) is 149 Å². The number of guanidine groups is 2. The van der Waals surface area contributed by atoms with Crippen LogP contribution in [0.25, 0.3) is 10.8 Å². The summed E-state index contributed by atoms with van der Waals surface area (Å²) in [7, 11) is 5.07. The van der Waals surface area contributed by atoms with Gasteiger partial charge in [-0.2, -0.15) is 0 Å². The second-order valence-electron chi connectivity index (χ2n) is 24.4. The van der Waals surface area contributed by atoms with Gasteiger partial charge in [-0.05, 0) is 153 Å². The molecule has 3 aromatic rings. The fourth-order valence-corrected chi connectivity index (χ4v) is 10.0. The number of carbonyl (C=O) groups is 9. The van der Waals surface area contributed by atoms with Gasteiger partial charge in [-0.3, -0.25) is 53.1 Å². The first kappa shape index (κ1) is 76.2. The number of nitrogens with zero attached hydrogens (tertiary/aromatic N) is 3. The van der Waals surface area contributed by atoms with Crippen molar-refractivity contribution >= 4 is 75.4 Å². The molecule has 4 amide bonds. The zero-order valence-corrected chi connectivity index (χ0v) is 55.0. The molecule has 6 atom stereocenters. The third-order valence-electron chi connectivity index (χ3n) is 15.4. The molecule has 3 rings (SSSR count).